The van der Waals surface area contributed by atoms with Crippen molar-refractivity contribution in [2.45, 2.75) is 24.9 Å². The van der Waals surface area contributed by atoms with Crippen LogP contribution in [0.3, 0.4) is 0 Å². The van der Waals surface area contributed by atoms with Crippen LogP contribution in [0.5, 0.6) is 5.75 Å². The van der Waals surface area contributed by atoms with Gasteiger partial charge in [-0.25, -0.2) is 4.98 Å². The predicted octanol–water partition coefficient (Wildman–Crippen LogP) is 1.22. The number of pyridine rings is 1. The number of nitrogens with one attached hydrogen (secondary N) is 2. The van der Waals surface area contributed by atoms with E-state index in [0.29, 0.717) is 23.4 Å². The van der Waals surface area contributed by atoms with Gasteiger partial charge in [0.1, 0.15) is 5.69 Å². The molecule has 2 aliphatic rings. The molecule has 1 aromatic rings. The van der Waals surface area contributed by atoms with Crippen LogP contribution in [0.2, 0.25) is 5.15 Å². The highest BCUT2D eigenvalue weighted by molar-refractivity contribution is 6.31. The fourth-order valence-corrected chi connectivity index (χ4v) is 3.19. The van der Waals surface area contributed by atoms with Crippen LogP contribution in [0.4, 0.5) is 0 Å². The van der Waals surface area contributed by atoms with Gasteiger partial charge in [-0.2, -0.15) is 0 Å². The van der Waals surface area contributed by atoms with E-state index in [1.165, 1.54) is 7.11 Å². The van der Waals surface area contributed by atoms with E-state index in [1.54, 1.807) is 12.1 Å². The maximum atomic E-state index is 12.1. The van der Waals surface area contributed by atoms with Crippen LogP contribution in [-0.2, 0) is 0 Å². The van der Waals surface area contributed by atoms with Crippen LogP contribution in [0.25, 0.3) is 0 Å². The highest BCUT2D eigenvalue weighted by Gasteiger charge is 2.40. The number of piperidine rings is 1. The maximum absolute atomic E-state index is 12.1. The zero-order valence-electron chi connectivity index (χ0n) is 10.6. The summed E-state index contributed by atoms with van der Waals surface area (Å²) in [4.78, 5) is 16.2. The van der Waals surface area contributed by atoms with Gasteiger partial charge >= 0.3 is 0 Å². The second kappa shape index (κ2) is 4.98. The van der Waals surface area contributed by atoms with Crippen LogP contribution >= 0.6 is 11.6 Å². The summed E-state index contributed by atoms with van der Waals surface area (Å²) in [7, 11) is 1.52. The van der Waals surface area contributed by atoms with Gasteiger partial charge in [-0.3, -0.25) is 4.79 Å². The van der Waals surface area contributed by atoms with Crippen LogP contribution < -0.4 is 15.4 Å². The largest absolute Gasteiger partial charge is 0.494 e. The lowest BCUT2D eigenvalue weighted by Gasteiger charge is -2.23. The Balaban J connectivity index is 1.69. The quantitative estimate of drug-likeness (QED) is 0.818. The molecule has 6 heteroatoms. The second-order valence-electron chi connectivity index (χ2n) is 5.11. The van der Waals surface area contributed by atoms with Crippen molar-refractivity contribution < 1.29 is 9.53 Å². The van der Waals surface area contributed by atoms with Crippen molar-refractivity contribution in [1.82, 2.24) is 15.6 Å². The average Bonchev–Trinajstić information content (AvgIpc) is 3.00. The molecule has 2 N–H and O–H groups in total. The first kappa shape index (κ1) is 12.7. The lowest BCUT2D eigenvalue weighted by Crippen LogP contribution is -2.44. The van der Waals surface area contributed by atoms with Crippen LogP contribution in [-0.4, -0.2) is 36.6 Å². The number of nitrogens with zero attached hydrogens (tertiary/aromatic N) is 1. The minimum absolute atomic E-state index is 0.165. The van der Waals surface area contributed by atoms with Crippen LogP contribution in [0.15, 0.2) is 12.1 Å². The maximum Gasteiger partial charge on any atom is 0.270 e. The van der Waals surface area contributed by atoms with E-state index in [9.17, 15) is 4.79 Å². The molecule has 2 fully saturated rings. The molecular weight excluding hydrogens is 266 g/mol. The molecule has 2 bridgehead atoms. The summed E-state index contributed by atoms with van der Waals surface area (Å²) >= 11 is 5.93. The number of amides is 1. The number of hydrogen-bond acceptors (Lipinski definition) is 4. The fourth-order valence-electron chi connectivity index (χ4n) is 2.95. The monoisotopic (exact) mass is 281 g/mol. The summed E-state index contributed by atoms with van der Waals surface area (Å²) in [5.41, 5.74) is 0.335. The summed E-state index contributed by atoms with van der Waals surface area (Å²) in [5, 5.41) is 6.68. The molecule has 3 unspecified atom stereocenters. The summed E-state index contributed by atoms with van der Waals surface area (Å²) in [6, 6.07) is 4.10. The number of methoxy groups -OCH3 is 1. The molecule has 19 heavy (non-hydrogen) atoms. The first-order chi connectivity index (χ1) is 9.17. The van der Waals surface area contributed by atoms with Crippen molar-refractivity contribution in [3.63, 3.8) is 0 Å². The summed E-state index contributed by atoms with van der Waals surface area (Å²) in [6.07, 6.45) is 2.15. The molecule has 1 aliphatic carbocycles. The molecule has 3 rings (SSSR count). The average molecular weight is 282 g/mol. The van der Waals surface area contributed by atoms with Gasteiger partial charge in [-0.1, -0.05) is 11.6 Å². The molecule has 1 aliphatic heterocycles. The third-order valence-corrected chi connectivity index (χ3v) is 4.22. The number of rotatable bonds is 3. The van der Waals surface area contributed by atoms with Gasteiger partial charge < -0.3 is 15.4 Å². The Morgan fingerprint density at radius 3 is 2.95 bits per heavy atom. The number of halogens is 1. The Hall–Kier alpha value is -1.33. The molecule has 0 aromatic carbocycles. The Kier molecular flexibility index (Phi) is 3.33. The first-order valence-corrected chi connectivity index (χ1v) is 6.80. The van der Waals surface area contributed by atoms with E-state index in [1.807, 2.05) is 0 Å². The zero-order valence-corrected chi connectivity index (χ0v) is 11.4. The van der Waals surface area contributed by atoms with Gasteiger partial charge in [-0.15, -0.1) is 0 Å². The summed E-state index contributed by atoms with van der Waals surface area (Å²) in [5.74, 6) is 0.854. The Bertz CT molecular complexity index is 509. The molecule has 1 saturated heterocycles. The molecule has 0 spiro atoms. The molecule has 0 radical (unpaired) electrons. The number of aromatic nitrogens is 1. The Labute approximate surface area is 116 Å². The third kappa shape index (κ3) is 2.40. The fraction of sp³-hybridized carbons (Fsp3) is 0.538. The van der Waals surface area contributed by atoms with E-state index in [2.05, 4.69) is 15.6 Å². The molecule has 3 atom stereocenters. The number of ether oxygens (including phenoxy) is 1. The van der Waals surface area contributed by atoms with Crippen molar-refractivity contribution in [2.24, 2.45) is 5.92 Å². The summed E-state index contributed by atoms with van der Waals surface area (Å²) in [6.45, 7) is 0.992. The zero-order chi connectivity index (χ0) is 13.4. The second-order valence-corrected chi connectivity index (χ2v) is 5.46. The lowest BCUT2D eigenvalue weighted by atomic mass is 10.0. The van der Waals surface area contributed by atoms with Crippen LogP contribution in [0.1, 0.15) is 23.3 Å². The van der Waals surface area contributed by atoms with Gasteiger partial charge in [0.15, 0.2) is 10.9 Å². The summed E-state index contributed by atoms with van der Waals surface area (Å²) < 4.78 is 5.02. The van der Waals surface area contributed by atoms with E-state index in [4.69, 9.17) is 16.3 Å². The van der Waals surface area contributed by atoms with E-state index in [0.717, 1.165) is 19.4 Å². The van der Waals surface area contributed by atoms with Crippen molar-refractivity contribution >= 4 is 17.5 Å². The van der Waals surface area contributed by atoms with E-state index >= 15 is 0 Å². The van der Waals surface area contributed by atoms with Crippen molar-refractivity contribution in [3.05, 3.63) is 23.0 Å². The molecular formula is C13H16ClN3O2. The topological polar surface area (TPSA) is 63.2 Å². The van der Waals surface area contributed by atoms with E-state index in [-0.39, 0.29) is 17.1 Å². The molecule has 2 heterocycles. The van der Waals surface area contributed by atoms with Crippen molar-refractivity contribution in [2.75, 3.05) is 13.7 Å². The Morgan fingerprint density at radius 2 is 2.37 bits per heavy atom. The molecule has 1 amide bonds. The number of carbonyl (C=O) groups excluding carboxylic acids is 1. The van der Waals surface area contributed by atoms with E-state index < -0.39 is 0 Å². The van der Waals surface area contributed by atoms with Gasteiger partial charge in [0, 0.05) is 18.6 Å². The van der Waals surface area contributed by atoms with Gasteiger partial charge in [-0.05, 0) is 30.9 Å². The minimum Gasteiger partial charge on any atom is -0.494 e. The van der Waals surface area contributed by atoms with Crippen molar-refractivity contribution in [3.8, 4) is 5.75 Å². The van der Waals surface area contributed by atoms with Crippen LogP contribution in [0, 0.1) is 5.92 Å². The predicted molar refractivity (Wildman–Crippen MR) is 71.6 cm³/mol. The minimum atomic E-state index is -0.165. The highest BCUT2D eigenvalue weighted by Crippen LogP contribution is 2.31. The molecule has 1 aromatic heterocycles. The number of carbonyl (C=O) groups is 1. The SMILES string of the molecule is COc1ccc(C(=O)NC2CC3CC2CN3)nc1Cl. The highest BCUT2D eigenvalue weighted by atomic mass is 35.5. The van der Waals surface area contributed by atoms with Gasteiger partial charge in [0.2, 0.25) is 0 Å². The van der Waals surface area contributed by atoms with Gasteiger partial charge in [0.05, 0.1) is 7.11 Å². The smallest absolute Gasteiger partial charge is 0.270 e. The molecule has 102 valence electrons. The molecule has 1 saturated carbocycles. The van der Waals surface area contributed by atoms with Crippen molar-refractivity contribution in [1.29, 1.82) is 0 Å². The first-order valence-electron chi connectivity index (χ1n) is 6.42. The normalized spacial score (nSPS) is 28.4. The van der Waals surface area contributed by atoms with Gasteiger partial charge in [0.25, 0.3) is 5.91 Å². The molecule has 5 nitrogen and oxygen atoms in total. The lowest BCUT2D eigenvalue weighted by molar-refractivity contribution is 0.0920. The Morgan fingerprint density at radius 1 is 1.53 bits per heavy atom. The number of fused-ring (bicyclic) bond motifs is 2. The third-order valence-electron chi connectivity index (χ3n) is 3.95. The standard InChI is InChI=1S/C13H16ClN3O2/c1-19-11-3-2-9(16-12(11)14)13(18)17-10-5-8-4-7(10)6-15-8/h2-3,7-8,10,15H,4-6H2,1H3,(H,17,18). The number of hydrogen-bond donors (Lipinski definition) is 2.